The van der Waals surface area contributed by atoms with Gasteiger partial charge >= 0.3 is 5.97 Å². The van der Waals surface area contributed by atoms with Gasteiger partial charge in [-0.3, -0.25) is 14.5 Å². The van der Waals surface area contributed by atoms with Gasteiger partial charge in [-0.1, -0.05) is 97.1 Å². The van der Waals surface area contributed by atoms with E-state index in [-0.39, 0.29) is 30.9 Å². The number of rotatable bonds is 12. The number of benzene rings is 4. The van der Waals surface area contributed by atoms with Crippen LogP contribution in [0.2, 0.25) is 0 Å². The summed E-state index contributed by atoms with van der Waals surface area (Å²) in [6.45, 7) is 3.81. The fraction of sp³-hybridized carbons (Fsp3) is 0.270. The van der Waals surface area contributed by atoms with Crippen LogP contribution in [-0.2, 0) is 25.5 Å². The number of alkyl halides is 1. The van der Waals surface area contributed by atoms with Crippen LogP contribution in [0.1, 0.15) is 29.7 Å². The molecule has 238 valence electrons. The number of nitrogens with zero attached hydrogens (tertiary/aromatic N) is 2. The Morgan fingerprint density at radius 3 is 1.98 bits per heavy atom. The van der Waals surface area contributed by atoms with Gasteiger partial charge in [0.15, 0.2) is 6.61 Å². The minimum Gasteiger partial charge on any atom is -0.484 e. The van der Waals surface area contributed by atoms with E-state index in [0.717, 1.165) is 0 Å². The van der Waals surface area contributed by atoms with Crippen molar-refractivity contribution in [3.63, 3.8) is 0 Å². The molecule has 1 fully saturated rings. The molecule has 0 saturated carbocycles. The molecule has 2 amide bonds. The summed E-state index contributed by atoms with van der Waals surface area (Å²) in [6.07, 6.45) is -0.478. The molecule has 1 aliphatic rings. The Morgan fingerprint density at radius 1 is 0.804 bits per heavy atom. The fourth-order valence-corrected chi connectivity index (χ4v) is 5.61. The third-order valence-corrected chi connectivity index (χ3v) is 7.97. The predicted octanol–water partition coefficient (Wildman–Crippen LogP) is 5.45. The topological polar surface area (TPSA) is 88.2 Å². The summed E-state index contributed by atoms with van der Waals surface area (Å²) in [5, 5.41) is 2.48. The molecule has 1 unspecified atom stereocenters. The van der Waals surface area contributed by atoms with Gasteiger partial charge in [-0.05, 0) is 35.7 Å². The zero-order chi connectivity index (χ0) is 32.4. The minimum absolute atomic E-state index is 0.0698. The molecule has 0 aliphatic carbocycles. The van der Waals surface area contributed by atoms with E-state index in [1.165, 1.54) is 17.2 Å². The van der Waals surface area contributed by atoms with Crippen molar-refractivity contribution >= 4 is 23.5 Å². The lowest BCUT2D eigenvalue weighted by molar-refractivity contribution is -0.161. The summed E-state index contributed by atoms with van der Waals surface area (Å²) in [7, 11) is 0. The first-order valence-electron chi connectivity index (χ1n) is 15.4. The maximum absolute atomic E-state index is 16.0. The summed E-state index contributed by atoms with van der Waals surface area (Å²) in [4.78, 5) is 43.0. The van der Waals surface area contributed by atoms with Gasteiger partial charge in [-0.25, -0.2) is 9.18 Å². The number of piperazine rings is 1. The number of ether oxygens (including phenoxy) is 2. The zero-order valence-electron chi connectivity index (χ0n) is 25.8. The first-order valence-corrected chi connectivity index (χ1v) is 15.4. The predicted molar refractivity (Wildman–Crippen MR) is 174 cm³/mol. The summed E-state index contributed by atoms with van der Waals surface area (Å²) >= 11 is 0. The van der Waals surface area contributed by atoms with Gasteiger partial charge in [0.25, 0.3) is 17.5 Å². The Balaban J connectivity index is 1.18. The summed E-state index contributed by atoms with van der Waals surface area (Å²) in [5.41, 5.74) is 0.162. The fourth-order valence-electron chi connectivity index (χ4n) is 5.61. The number of hydrogen-bond acceptors (Lipinski definition) is 6. The molecule has 0 spiro atoms. The van der Waals surface area contributed by atoms with Crippen molar-refractivity contribution in [3.8, 4) is 5.75 Å². The largest absolute Gasteiger partial charge is 0.484 e. The summed E-state index contributed by atoms with van der Waals surface area (Å²) in [6, 6.07) is 35.5. The highest BCUT2D eigenvalue weighted by Gasteiger charge is 2.48. The lowest BCUT2D eigenvalue weighted by Gasteiger charge is -2.39. The van der Waals surface area contributed by atoms with Crippen LogP contribution in [0.15, 0.2) is 115 Å². The van der Waals surface area contributed by atoms with Gasteiger partial charge < -0.3 is 19.7 Å². The molecule has 0 radical (unpaired) electrons. The van der Waals surface area contributed by atoms with Crippen LogP contribution in [0, 0.1) is 0 Å². The second-order valence-corrected chi connectivity index (χ2v) is 11.1. The van der Waals surface area contributed by atoms with Crippen molar-refractivity contribution in [2.45, 2.75) is 25.1 Å². The van der Waals surface area contributed by atoms with Gasteiger partial charge in [0, 0.05) is 44.4 Å². The van der Waals surface area contributed by atoms with Crippen LogP contribution in [0.5, 0.6) is 5.75 Å². The molecule has 46 heavy (non-hydrogen) atoms. The van der Waals surface area contributed by atoms with E-state index in [1.54, 1.807) is 60.4 Å². The van der Waals surface area contributed by atoms with E-state index in [2.05, 4.69) is 34.5 Å². The van der Waals surface area contributed by atoms with Crippen molar-refractivity contribution in [2.24, 2.45) is 0 Å². The highest BCUT2D eigenvalue weighted by molar-refractivity contribution is 6.12. The zero-order valence-corrected chi connectivity index (χ0v) is 25.8. The van der Waals surface area contributed by atoms with Crippen LogP contribution >= 0.6 is 0 Å². The quantitative estimate of drug-likeness (QED) is 0.167. The Labute approximate surface area is 268 Å². The summed E-state index contributed by atoms with van der Waals surface area (Å²) < 4.78 is 26.7. The summed E-state index contributed by atoms with van der Waals surface area (Å²) in [5.74, 6) is -2.24. The van der Waals surface area contributed by atoms with E-state index in [1.807, 2.05) is 36.4 Å². The number of nitrogens with one attached hydrogen (secondary N) is 1. The van der Waals surface area contributed by atoms with Crippen molar-refractivity contribution < 1.29 is 28.2 Å². The van der Waals surface area contributed by atoms with Crippen LogP contribution in [-0.4, -0.2) is 72.6 Å². The molecule has 1 N–H and O–H groups in total. The van der Waals surface area contributed by atoms with Crippen LogP contribution in [0.4, 0.5) is 10.1 Å². The van der Waals surface area contributed by atoms with Crippen molar-refractivity contribution in [3.05, 3.63) is 132 Å². The highest BCUT2D eigenvalue weighted by Crippen LogP contribution is 2.30. The van der Waals surface area contributed by atoms with Crippen molar-refractivity contribution in [1.82, 2.24) is 9.80 Å². The molecule has 4 aromatic rings. The molecule has 1 heterocycles. The Hall–Kier alpha value is -5.02. The van der Waals surface area contributed by atoms with Gasteiger partial charge in [-0.15, -0.1) is 0 Å². The van der Waals surface area contributed by atoms with Gasteiger partial charge in [0.05, 0.1) is 12.6 Å². The molecule has 4 aromatic carbocycles. The Bertz CT molecular complexity index is 1560. The number of amides is 2. The molecule has 9 heteroatoms. The molecule has 8 nitrogen and oxygen atoms in total. The van der Waals surface area contributed by atoms with E-state index >= 15 is 4.39 Å². The van der Waals surface area contributed by atoms with Gasteiger partial charge in [0.2, 0.25) is 0 Å². The average molecular weight is 624 g/mol. The maximum Gasteiger partial charge on any atom is 0.354 e. The van der Waals surface area contributed by atoms with Crippen LogP contribution < -0.4 is 10.1 Å². The molecular weight excluding hydrogens is 585 g/mol. The third-order valence-electron chi connectivity index (χ3n) is 7.97. The van der Waals surface area contributed by atoms with Crippen molar-refractivity contribution in [2.75, 3.05) is 44.7 Å². The molecule has 0 aromatic heterocycles. The molecule has 5 rings (SSSR count). The second-order valence-electron chi connectivity index (χ2n) is 11.1. The Morgan fingerprint density at radius 2 is 1.39 bits per heavy atom. The first kappa shape index (κ1) is 32.4. The number of anilines is 1. The normalized spacial score (nSPS) is 14.7. The maximum atomic E-state index is 16.0. The first-order chi connectivity index (χ1) is 22.4. The molecule has 0 bridgehead atoms. The lowest BCUT2D eigenvalue weighted by atomic mass is 9.95. The van der Waals surface area contributed by atoms with E-state index in [4.69, 9.17) is 9.47 Å². The highest BCUT2D eigenvalue weighted by atomic mass is 19.1. The molecular formula is C37H38FN3O5. The SMILES string of the molecule is CCOC(=O)C(F)(Cc1ccccc1)C(=O)Nc1cccc(OCC(=O)N2CCN(C(c3ccccc3)c3ccccc3)CC2)c1. The minimum atomic E-state index is -2.94. The number of hydrogen-bond donors (Lipinski definition) is 1. The number of carbonyl (C=O) groups excluding carboxylic acids is 3. The number of esters is 1. The standard InChI is InChI=1S/C37H38FN3O5/c1-2-45-36(44)37(38,26-28-13-6-3-7-14-28)35(43)39-31-19-12-20-32(25-31)46-27-33(42)40-21-23-41(24-22-40)34(29-15-8-4-9-16-29)30-17-10-5-11-18-30/h3-20,25,34H,2,21-24,26-27H2,1H3,(H,39,43). The number of carbonyl (C=O) groups is 3. The average Bonchev–Trinajstić information content (AvgIpc) is 3.09. The molecule has 1 atom stereocenters. The van der Waals surface area contributed by atoms with Gasteiger partial charge in [-0.2, -0.15) is 0 Å². The number of halogens is 1. The van der Waals surface area contributed by atoms with E-state index in [0.29, 0.717) is 37.5 Å². The second kappa shape index (κ2) is 15.3. The third kappa shape index (κ3) is 7.97. The Kier molecular flexibility index (Phi) is 10.8. The van der Waals surface area contributed by atoms with Crippen LogP contribution in [0.25, 0.3) is 0 Å². The van der Waals surface area contributed by atoms with Crippen LogP contribution in [0.3, 0.4) is 0 Å². The van der Waals surface area contributed by atoms with Crippen molar-refractivity contribution in [1.29, 1.82) is 0 Å². The molecule has 1 saturated heterocycles. The molecule has 1 aliphatic heterocycles. The van der Waals surface area contributed by atoms with E-state index < -0.39 is 24.0 Å². The monoisotopic (exact) mass is 623 g/mol. The van der Waals surface area contributed by atoms with Gasteiger partial charge in [0.1, 0.15) is 5.75 Å². The smallest absolute Gasteiger partial charge is 0.354 e. The lowest BCUT2D eigenvalue weighted by Crippen LogP contribution is -2.51. The van der Waals surface area contributed by atoms with E-state index in [9.17, 15) is 14.4 Å².